The Morgan fingerprint density at radius 1 is 1.00 bits per heavy atom. The molecule has 1 saturated heterocycles. The van der Waals surface area contributed by atoms with E-state index in [-0.39, 0.29) is 23.6 Å². The van der Waals surface area contributed by atoms with Crippen LogP contribution in [-0.4, -0.2) is 58.5 Å². The number of aliphatic imine (C=N–C) groups is 1. The Labute approximate surface area is 181 Å². The van der Waals surface area contributed by atoms with Crippen LogP contribution in [0.1, 0.15) is 5.56 Å². The number of methoxy groups -OCH3 is 3. The highest BCUT2D eigenvalue weighted by molar-refractivity contribution is 8.13. The third-order valence-electron chi connectivity index (χ3n) is 5.28. The Hall–Kier alpha value is -2.39. The second-order valence-corrected chi connectivity index (χ2v) is 10.3. The van der Waals surface area contributed by atoms with Gasteiger partial charge in [-0.25, -0.2) is 8.42 Å². The summed E-state index contributed by atoms with van der Waals surface area (Å²) < 4.78 is 40.5. The lowest BCUT2D eigenvalue weighted by atomic mass is 10.1. The van der Waals surface area contributed by atoms with Gasteiger partial charge in [-0.3, -0.25) is 4.99 Å². The van der Waals surface area contributed by atoms with E-state index in [1.165, 1.54) is 0 Å². The van der Waals surface area contributed by atoms with Crippen molar-refractivity contribution >= 4 is 32.5 Å². The Kier molecular flexibility index (Phi) is 5.84. The molecule has 0 aliphatic carbocycles. The molecule has 0 saturated carbocycles. The molecular formula is C21H24N2O5S2. The minimum atomic E-state index is -3.10. The summed E-state index contributed by atoms with van der Waals surface area (Å²) in [5.74, 6) is 2.95. The fourth-order valence-corrected chi connectivity index (χ4v) is 6.70. The number of anilines is 1. The zero-order valence-corrected chi connectivity index (χ0v) is 18.7. The van der Waals surface area contributed by atoms with Crippen molar-refractivity contribution in [3.63, 3.8) is 0 Å². The number of fused-ring (bicyclic) bond motifs is 1. The average Bonchev–Trinajstić information content (AvgIpc) is 3.22. The third kappa shape index (κ3) is 4.09. The largest absolute Gasteiger partial charge is 0.497 e. The molecule has 1 fully saturated rings. The van der Waals surface area contributed by atoms with Crippen LogP contribution < -0.4 is 19.1 Å². The second-order valence-electron chi connectivity index (χ2n) is 7.17. The van der Waals surface area contributed by atoms with Crippen LogP contribution in [0.5, 0.6) is 17.2 Å². The third-order valence-corrected chi connectivity index (χ3v) is 8.02. The fraction of sp³-hybridized carbons (Fsp3) is 0.381. The van der Waals surface area contributed by atoms with E-state index in [9.17, 15) is 8.42 Å². The van der Waals surface area contributed by atoms with Gasteiger partial charge in [0.25, 0.3) is 0 Å². The molecule has 30 heavy (non-hydrogen) atoms. The first kappa shape index (κ1) is 20.9. The van der Waals surface area contributed by atoms with Gasteiger partial charge in [0, 0.05) is 17.5 Å². The fourth-order valence-electron chi connectivity index (χ4n) is 3.78. The summed E-state index contributed by atoms with van der Waals surface area (Å²) in [6, 6.07) is 13.1. The van der Waals surface area contributed by atoms with Gasteiger partial charge in [-0.15, -0.1) is 0 Å². The number of rotatable bonds is 6. The number of nitrogens with zero attached hydrogens (tertiary/aromatic N) is 2. The quantitative estimate of drug-likeness (QED) is 0.672. The van der Waals surface area contributed by atoms with Gasteiger partial charge in [0.05, 0.1) is 44.9 Å². The molecule has 0 radical (unpaired) electrons. The highest BCUT2D eigenvalue weighted by atomic mass is 32.2. The standard InChI is InChI=1S/C21H24N2O5S2/c1-26-16-7-4-14(5-8-16)11-29-21-22-17-12-30(24,25)13-18(17)23(21)15-6-9-19(27-2)20(10-15)28-3/h4-10,17-18H,11-13H2,1-3H3/t17-,18-/m0/s1. The molecule has 2 aliphatic heterocycles. The molecule has 2 aromatic rings. The van der Waals surface area contributed by atoms with E-state index in [2.05, 4.69) is 0 Å². The maximum Gasteiger partial charge on any atom is 0.164 e. The molecule has 160 valence electrons. The zero-order chi connectivity index (χ0) is 21.3. The van der Waals surface area contributed by atoms with Crippen LogP contribution in [0.25, 0.3) is 0 Å². The lowest BCUT2D eigenvalue weighted by Gasteiger charge is -2.27. The molecule has 4 rings (SSSR count). The van der Waals surface area contributed by atoms with Crippen molar-refractivity contribution in [2.24, 2.45) is 4.99 Å². The van der Waals surface area contributed by atoms with Crippen molar-refractivity contribution in [1.29, 1.82) is 0 Å². The minimum absolute atomic E-state index is 0.0913. The van der Waals surface area contributed by atoms with E-state index >= 15 is 0 Å². The topological polar surface area (TPSA) is 77.4 Å². The molecule has 2 aromatic carbocycles. The summed E-state index contributed by atoms with van der Waals surface area (Å²) in [7, 11) is 1.72. The van der Waals surface area contributed by atoms with Gasteiger partial charge in [0.1, 0.15) is 5.75 Å². The van der Waals surface area contributed by atoms with Crippen LogP contribution in [0.4, 0.5) is 5.69 Å². The van der Waals surface area contributed by atoms with Crippen LogP contribution >= 0.6 is 11.8 Å². The van der Waals surface area contributed by atoms with Gasteiger partial charge < -0.3 is 19.1 Å². The molecule has 7 nitrogen and oxygen atoms in total. The molecule has 2 heterocycles. The van der Waals surface area contributed by atoms with E-state index in [4.69, 9.17) is 19.2 Å². The predicted octanol–water partition coefficient (Wildman–Crippen LogP) is 2.99. The molecule has 0 spiro atoms. The van der Waals surface area contributed by atoms with Crippen molar-refractivity contribution in [2.45, 2.75) is 17.8 Å². The van der Waals surface area contributed by atoms with Crippen LogP contribution in [0.15, 0.2) is 47.5 Å². The average molecular weight is 449 g/mol. The molecular weight excluding hydrogens is 424 g/mol. The first-order chi connectivity index (χ1) is 14.4. The zero-order valence-electron chi connectivity index (χ0n) is 17.1. The van der Waals surface area contributed by atoms with Gasteiger partial charge in [-0.2, -0.15) is 0 Å². The maximum absolute atomic E-state index is 12.2. The first-order valence-electron chi connectivity index (χ1n) is 9.49. The molecule has 0 aromatic heterocycles. The smallest absolute Gasteiger partial charge is 0.164 e. The van der Waals surface area contributed by atoms with E-state index in [1.54, 1.807) is 33.1 Å². The van der Waals surface area contributed by atoms with Gasteiger partial charge in [0.15, 0.2) is 26.5 Å². The molecule has 2 aliphatic rings. The molecule has 2 atom stereocenters. The SMILES string of the molecule is COc1ccc(CSC2=N[C@H]3CS(=O)(=O)C[C@@H]3N2c2ccc(OC)c(OC)c2)cc1. The number of ether oxygens (including phenoxy) is 3. The van der Waals surface area contributed by atoms with E-state index in [1.807, 2.05) is 47.4 Å². The maximum atomic E-state index is 12.2. The van der Waals surface area contributed by atoms with E-state index in [0.29, 0.717) is 11.5 Å². The Morgan fingerprint density at radius 3 is 2.40 bits per heavy atom. The number of thioether (sulfide) groups is 1. The Balaban J connectivity index is 1.62. The summed E-state index contributed by atoms with van der Waals surface area (Å²) in [6.07, 6.45) is 0. The Bertz CT molecular complexity index is 1050. The highest BCUT2D eigenvalue weighted by Crippen LogP contribution is 2.39. The van der Waals surface area contributed by atoms with Gasteiger partial charge in [-0.05, 0) is 29.8 Å². The number of benzene rings is 2. The number of hydrogen-bond acceptors (Lipinski definition) is 8. The van der Waals surface area contributed by atoms with Crippen molar-refractivity contribution in [3.05, 3.63) is 48.0 Å². The summed E-state index contributed by atoms with van der Waals surface area (Å²) in [5, 5.41) is 0.822. The van der Waals surface area contributed by atoms with Crippen molar-refractivity contribution in [2.75, 3.05) is 37.7 Å². The molecule has 0 N–H and O–H groups in total. The van der Waals surface area contributed by atoms with E-state index in [0.717, 1.165) is 27.9 Å². The van der Waals surface area contributed by atoms with Gasteiger partial charge in [-0.1, -0.05) is 23.9 Å². The van der Waals surface area contributed by atoms with Crippen LogP contribution in [0.2, 0.25) is 0 Å². The molecule has 0 bridgehead atoms. The minimum Gasteiger partial charge on any atom is -0.497 e. The van der Waals surface area contributed by atoms with Crippen LogP contribution in [0.3, 0.4) is 0 Å². The van der Waals surface area contributed by atoms with E-state index < -0.39 is 9.84 Å². The summed E-state index contributed by atoms with van der Waals surface area (Å²) >= 11 is 1.60. The van der Waals surface area contributed by atoms with Crippen LogP contribution in [-0.2, 0) is 15.6 Å². The normalized spacial score (nSPS) is 21.8. The monoisotopic (exact) mass is 448 g/mol. The number of sulfone groups is 1. The predicted molar refractivity (Wildman–Crippen MR) is 120 cm³/mol. The van der Waals surface area contributed by atoms with Crippen molar-refractivity contribution < 1.29 is 22.6 Å². The van der Waals surface area contributed by atoms with Crippen LogP contribution in [0, 0.1) is 0 Å². The summed E-state index contributed by atoms with van der Waals surface area (Å²) in [5.41, 5.74) is 1.98. The lowest BCUT2D eigenvalue weighted by Crippen LogP contribution is -2.39. The van der Waals surface area contributed by atoms with Crippen molar-refractivity contribution in [3.8, 4) is 17.2 Å². The molecule has 0 unspecified atom stereocenters. The summed E-state index contributed by atoms with van der Waals surface area (Å²) in [6.45, 7) is 0. The van der Waals surface area contributed by atoms with Gasteiger partial charge in [0.2, 0.25) is 0 Å². The first-order valence-corrected chi connectivity index (χ1v) is 12.3. The molecule has 9 heteroatoms. The Morgan fingerprint density at radius 2 is 1.73 bits per heavy atom. The highest BCUT2D eigenvalue weighted by Gasteiger charge is 2.47. The number of amidine groups is 1. The molecule has 0 amide bonds. The summed E-state index contributed by atoms with van der Waals surface area (Å²) in [4.78, 5) is 6.81. The number of hydrogen-bond donors (Lipinski definition) is 0. The lowest BCUT2D eigenvalue weighted by molar-refractivity contribution is 0.355. The second kappa shape index (κ2) is 8.39. The van der Waals surface area contributed by atoms with Crippen molar-refractivity contribution in [1.82, 2.24) is 0 Å². The van der Waals surface area contributed by atoms with Gasteiger partial charge >= 0.3 is 0 Å².